The molecule has 0 saturated heterocycles. The highest BCUT2D eigenvalue weighted by molar-refractivity contribution is 9.10. The first-order valence-corrected chi connectivity index (χ1v) is 14.0. The standard InChI is InChI=1S/C31H22BrN3O4S/c32-22-12-10-20(11-13-22)18-27(34-28(36)21-6-2-1-3-7-21)29(37)33-23-14-16-24(17-15-23)40-19-35-30(38)25-8-4-5-9-26(25)31(35)39/h1-18H,19H2,(H,33,37)(H,34,36)/b27-18-. The number of hydrogen-bond acceptors (Lipinski definition) is 5. The highest BCUT2D eigenvalue weighted by Gasteiger charge is 2.34. The molecule has 5 rings (SSSR count). The van der Waals surface area contributed by atoms with E-state index >= 15 is 0 Å². The average molecular weight is 613 g/mol. The van der Waals surface area contributed by atoms with Crippen LogP contribution in [0.1, 0.15) is 36.6 Å². The Labute approximate surface area is 243 Å². The number of carbonyl (C=O) groups excluding carboxylic acids is 4. The maximum atomic E-state index is 13.2. The first-order chi connectivity index (χ1) is 19.4. The summed E-state index contributed by atoms with van der Waals surface area (Å²) in [5.74, 6) is -1.33. The van der Waals surface area contributed by atoms with Gasteiger partial charge in [0, 0.05) is 20.6 Å². The SMILES string of the molecule is O=C(Nc1ccc(SCN2C(=O)c3ccccc3C2=O)cc1)/C(=C/c1ccc(Br)cc1)NC(=O)c1ccccc1. The van der Waals surface area contributed by atoms with Gasteiger partial charge in [-0.05, 0) is 72.3 Å². The van der Waals surface area contributed by atoms with Crippen LogP contribution < -0.4 is 10.6 Å². The van der Waals surface area contributed by atoms with E-state index in [-0.39, 0.29) is 23.4 Å². The van der Waals surface area contributed by atoms with Crippen molar-refractivity contribution >= 4 is 63.1 Å². The molecule has 9 heteroatoms. The normalized spacial score (nSPS) is 12.7. The molecule has 40 heavy (non-hydrogen) atoms. The minimum absolute atomic E-state index is 0.0836. The van der Waals surface area contributed by atoms with Crippen molar-refractivity contribution in [2.24, 2.45) is 0 Å². The van der Waals surface area contributed by atoms with E-state index in [2.05, 4.69) is 26.6 Å². The molecule has 0 fully saturated rings. The van der Waals surface area contributed by atoms with Crippen LogP contribution in [0.25, 0.3) is 6.08 Å². The third-order valence-electron chi connectivity index (χ3n) is 6.06. The zero-order valence-corrected chi connectivity index (χ0v) is 23.4. The van der Waals surface area contributed by atoms with Crippen LogP contribution in [0.5, 0.6) is 0 Å². The van der Waals surface area contributed by atoms with Crippen LogP contribution in [-0.2, 0) is 4.79 Å². The number of anilines is 1. The summed E-state index contributed by atoms with van der Waals surface area (Å²) >= 11 is 4.73. The van der Waals surface area contributed by atoms with Gasteiger partial charge < -0.3 is 10.6 Å². The molecule has 7 nitrogen and oxygen atoms in total. The fourth-order valence-electron chi connectivity index (χ4n) is 4.00. The Hall–Kier alpha value is -4.47. The number of nitrogens with zero attached hydrogens (tertiary/aromatic N) is 1. The number of fused-ring (bicyclic) bond motifs is 1. The summed E-state index contributed by atoms with van der Waals surface area (Å²) in [6.45, 7) is 0. The monoisotopic (exact) mass is 611 g/mol. The minimum Gasteiger partial charge on any atom is -0.321 e. The Balaban J connectivity index is 1.26. The molecule has 0 spiro atoms. The summed E-state index contributed by atoms with van der Waals surface area (Å²) in [7, 11) is 0. The van der Waals surface area contributed by atoms with Crippen LogP contribution in [0.4, 0.5) is 5.69 Å². The van der Waals surface area contributed by atoms with Gasteiger partial charge in [0.2, 0.25) is 0 Å². The van der Waals surface area contributed by atoms with E-state index in [9.17, 15) is 19.2 Å². The number of benzene rings is 4. The van der Waals surface area contributed by atoms with Gasteiger partial charge in [0.1, 0.15) is 5.70 Å². The molecule has 198 valence electrons. The molecule has 1 aliphatic heterocycles. The lowest BCUT2D eigenvalue weighted by Crippen LogP contribution is -2.30. The van der Waals surface area contributed by atoms with Gasteiger partial charge in [-0.15, -0.1) is 11.8 Å². The average Bonchev–Trinajstić information content (AvgIpc) is 3.22. The number of halogens is 1. The van der Waals surface area contributed by atoms with Gasteiger partial charge in [-0.3, -0.25) is 24.1 Å². The number of thioether (sulfide) groups is 1. The maximum Gasteiger partial charge on any atom is 0.272 e. The highest BCUT2D eigenvalue weighted by atomic mass is 79.9. The number of imide groups is 1. The van der Waals surface area contributed by atoms with Crippen molar-refractivity contribution in [2.75, 3.05) is 11.2 Å². The van der Waals surface area contributed by atoms with Gasteiger partial charge in [-0.25, -0.2) is 0 Å². The molecular formula is C31H22BrN3O4S. The van der Waals surface area contributed by atoms with E-state index in [0.29, 0.717) is 22.4 Å². The molecule has 0 unspecified atom stereocenters. The second-order valence-electron chi connectivity index (χ2n) is 8.77. The van der Waals surface area contributed by atoms with Gasteiger partial charge in [0.15, 0.2) is 0 Å². The van der Waals surface area contributed by atoms with Crippen LogP contribution >= 0.6 is 27.7 Å². The third-order valence-corrected chi connectivity index (χ3v) is 7.58. The van der Waals surface area contributed by atoms with Gasteiger partial charge in [-0.2, -0.15) is 0 Å². The smallest absolute Gasteiger partial charge is 0.272 e. The second-order valence-corrected chi connectivity index (χ2v) is 10.7. The van der Waals surface area contributed by atoms with Crippen molar-refractivity contribution in [2.45, 2.75) is 4.90 Å². The molecule has 1 aliphatic rings. The summed E-state index contributed by atoms with van der Waals surface area (Å²) in [5, 5.41) is 5.54. The zero-order valence-electron chi connectivity index (χ0n) is 21.0. The molecule has 0 atom stereocenters. The van der Waals surface area contributed by atoms with Crippen LogP contribution in [0, 0.1) is 0 Å². The molecular weight excluding hydrogens is 590 g/mol. The quantitative estimate of drug-likeness (QED) is 0.140. The summed E-state index contributed by atoms with van der Waals surface area (Å²) in [5.41, 5.74) is 2.60. The van der Waals surface area contributed by atoms with E-state index in [1.54, 1.807) is 78.9 Å². The van der Waals surface area contributed by atoms with E-state index in [0.717, 1.165) is 14.9 Å². The first kappa shape index (κ1) is 27.1. The lowest BCUT2D eigenvalue weighted by atomic mass is 10.1. The second kappa shape index (κ2) is 12.1. The topological polar surface area (TPSA) is 95.6 Å². The summed E-state index contributed by atoms with van der Waals surface area (Å²) in [6, 6.07) is 29.8. The molecule has 0 radical (unpaired) electrons. The van der Waals surface area contributed by atoms with Gasteiger partial charge >= 0.3 is 0 Å². The maximum absolute atomic E-state index is 13.2. The first-order valence-electron chi connectivity index (χ1n) is 12.2. The van der Waals surface area contributed by atoms with E-state index < -0.39 is 11.8 Å². The molecule has 4 amide bonds. The Bertz CT molecular complexity index is 1590. The molecule has 2 N–H and O–H groups in total. The number of carbonyl (C=O) groups is 4. The molecule has 4 aromatic carbocycles. The Morgan fingerprint density at radius 2 is 1.38 bits per heavy atom. The fraction of sp³-hybridized carbons (Fsp3) is 0.0323. The van der Waals surface area contributed by atoms with Crippen molar-refractivity contribution < 1.29 is 19.2 Å². The molecule has 0 aliphatic carbocycles. The fourth-order valence-corrected chi connectivity index (χ4v) is 5.10. The van der Waals surface area contributed by atoms with Crippen molar-refractivity contribution in [3.63, 3.8) is 0 Å². The predicted molar refractivity (Wildman–Crippen MR) is 159 cm³/mol. The van der Waals surface area contributed by atoms with E-state index in [1.807, 2.05) is 30.3 Å². The third kappa shape index (κ3) is 6.22. The van der Waals surface area contributed by atoms with Crippen LogP contribution in [0.2, 0.25) is 0 Å². The summed E-state index contributed by atoms with van der Waals surface area (Å²) in [4.78, 5) is 53.2. The number of nitrogens with one attached hydrogen (secondary N) is 2. The highest BCUT2D eigenvalue weighted by Crippen LogP contribution is 2.28. The molecule has 0 aromatic heterocycles. The van der Waals surface area contributed by atoms with Crippen LogP contribution in [0.3, 0.4) is 0 Å². The van der Waals surface area contributed by atoms with Crippen LogP contribution in [-0.4, -0.2) is 34.4 Å². The molecule has 4 aromatic rings. The van der Waals surface area contributed by atoms with E-state index in [4.69, 9.17) is 0 Å². The summed E-state index contributed by atoms with van der Waals surface area (Å²) < 4.78 is 0.893. The Morgan fingerprint density at radius 1 is 0.775 bits per heavy atom. The van der Waals surface area contributed by atoms with Gasteiger partial charge in [0.25, 0.3) is 23.6 Å². The van der Waals surface area contributed by atoms with Crippen LogP contribution in [0.15, 0.2) is 118 Å². The largest absolute Gasteiger partial charge is 0.321 e. The molecule has 0 saturated carbocycles. The summed E-state index contributed by atoms with van der Waals surface area (Å²) in [6.07, 6.45) is 1.61. The van der Waals surface area contributed by atoms with Crippen molar-refractivity contribution in [1.82, 2.24) is 10.2 Å². The van der Waals surface area contributed by atoms with E-state index in [1.165, 1.54) is 16.7 Å². The number of amides is 4. The Morgan fingerprint density at radius 3 is 2.00 bits per heavy atom. The van der Waals surface area contributed by atoms with Crippen molar-refractivity contribution in [3.05, 3.63) is 136 Å². The van der Waals surface area contributed by atoms with Gasteiger partial charge in [0.05, 0.1) is 17.0 Å². The number of rotatable bonds is 8. The Kier molecular flexibility index (Phi) is 8.23. The predicted octanol–water partition coefficient (Wildman–Crippen LogP) is 6.20. The minimum atomic E-state index is -0.487. The van der Waals surface area contributed by atoms with Crippen molar-refractivity contribution in [3.8, 4) is 0 Å². The lowest BCUT2D eigenvalue weighted by Gasteiger charge is -2.14. The van der Waals surface area contributed by atoms with Crippen molar-refractivity contribution in [1.29, 1.82) is 0 Å². The zero-order chi connectivity index (χ0) is 28.1. The molecule has 0 bridgehead atoms. The van der Waals surface area contributed by atoms with Gasteiger partial charge in [-0.1, -0.05) is 58.4 Å². The lowest BCUT2D eigenvalue weighted by molar-refractivity contribution is -0.113. The molecule has 1 heterocycles. The number of hydrogen-bond donors (Lipinski definition) is 2.